The summed E-state index contributed by atoms with van der Waals surface area (Å²) in [5.74, 6) is -1.32. The van der Waals surface area contributed by atoms with Gasteiger partial charge < -0.3 is 25.2 Å². The summed E-state index contributed by atoms with van der Waals surface area (Å²) in [6, 6.07) is 12.5. The first-order chi connectivity index (χ1) is 21.3. The number of anilines is 2. The summed E-state index contributed by atoms with van der Waals surface area (Å²) in [4.78, 5) is 17.5. The zero-order valence-corrected chi connectivity index (χ0v) is 26.3. The minimum absolute atomic E-state index is 0.00593. The average Bonchev–Trinajstić information content (AvgIpc) is 3.40. The first-order valence-electron chi connectivity index (χ1n) is 13.9. The van der Waals surface area contributed by atoms with E-state index < -0.39 is 23.1 Å². The maximum absolute atomic E-state index is 13.6. The number of carbonyl (C=O) groups is 1. The van der Waals surface area contributed by atoms with Crippen molar-refractivity contribution in [1.82, 2.24) is 19.9 Å². The van der Waals surface area contributed by atoms with Crippen LogP contribution in [0.5, 0.6) is 11.5 Å². The van der Waals surface area contributed by atoms with Crippen LogP contribution in [0.15, 0.2) is 54.7 Å². The molecule has 2 heterocycles. The smallest absolute Gasteiger partial charge is 0.255 e. The van der Waals surface area contributed by atoms with Crippen LogP contribution in [-0.4, -0.2) is 39.8 Å². The molecule has 0 aliphatic rings. The number of amides is 1. The summed E-state index contributed by atoms with van der Waals surface area (Å²) in [5, 5.41) is 21.2. The Bertz CT molecular complexity index is 1940. The standard InChI is InChI=1S/C33H32ClF2N5O4/c1-17-11-23(33(3,4)43)18(2)30(45-6)29(17)39-32-38-28-10-8-20(16-41(28)40-32)19-7-9-22(27(13-19)44-5)31(42)37-15-21-12-25(35)26(36)14-24(21)34/h7-14,16,43H,15H2,1-6H3,(H,37,42)(H,39,40). The third kappa shape index (κ3) is 6.40. The highest BCUT2D eigenvalue weighted by Gasteiger charge is 2.24. The summed E-state index contributed by atoms with van der Waals surface area (Å²) in [6.07, 6.45) is 1.81. The number of carbonyl (C=O) groups excluding carboxylic acids is 1. The van der Waals surface area contributed by atoms with Gasteiger partial charge in [-0.05, 0) is 91.9 Å². The molecule has 45 heavy (non-hydrogen) atoms. The molecule has 9 nitrogen and oxygen atoms in total. The van der Waals surface area contributed by atoms with Crippen LogP contribution in [-0.2, 0) is 12.1 Å². The van der Waals surface area contributed by atoms with Gasteiger partial charge in [0.2, 0.25) is 5.95 Å². The largest absolute Gasteiger partial charge is 0.496 e. The van der Waals surface area contributed by atoms with Gasteiger partial charge in [0.25, 0.3) is 5.91 Å². The number of benzene rings is 3. The molecule has 1 amide bonds. The Hall–Kier alpha value is -4.74. The van der Waals surface area contributed by atoms with Crippen LogP contribution in [0.3, 0.4) is 0 Å². The number of hydrogen-bond acceptors (Lipinski definition) is 7. The fourth-order valence-electron chi connectivity index (χ4n) is 5.18. The van der Waals surface area contributed by atoms with Crippen molar-refractivity contribution in [2.45, 2.75) is 39.8 Å². The first-order valence-corrected chi connectivity index (χ1v) is 14.3. The van der Waals surface area contributed by atoms with Gasteiger partial charge in [-0.25, -0.2) is 13.3 Å². The summed E-state index contributed by atoms with van der Waals surface area (Å²) in [5.41, 5.74) is 4.73. The minimum Gasteiger partial charge on any atom is -0.496 e. The lowest BCUT2D eigenvalue weighted by Crippen LogP contribution is -2.23. The molecule has 0 unspecified atom stereocenters. The van der Waals surface area contributed by atoms with E-state index in [1.165, 1.54) is 7.11 Å². The van der Waals surface area contributed by atoms with Crippen LogP contribution in [0.2, 0.25) is 5.02 Å². The zero-order valence-electron chi connectivity index (χ0n) is 25.6. The maximum atomic E-state index is 13.6. The highest BCUT2D eigenvalue weighted by Crippen LogP contribution is 2.39. The van der Waals surface area contributed by atoms with Crippen LogP contribution in [0.25, 0.3) is 16.8 Å². The SMILES string of the molecule is COc1cc(-c2ccc3nc(Nc4c(C)cc(C(C)(C)O)c(C)c4OC)nn3c2)ccc1C(=O)NCc1cc(F)c(F)cc1Cl. The van der Waals surface area contributed by atoms with Crippen molar-refractivity contribution < 1.29 is 28.2 Å². The molecule has 0 saturated carbocycles. The minimum atomic E-state index is -1.06. The van der Waals surface area contributed by atoms with E-state index in [9.17, 15) is 18.7 Å². The molecule has 0 saturated heterocycles. The molecule has 3 aromatic carbocycles. The third-order valence-electron chi connectivity index (χ3n) is 7.47. The Morgan fingerprint density at radius 2 is 1.73 bits per heavy atom. The summed E-state index contributed by atoms with van der Waals surface area (Å²) >= 11 is 6.00. The zero-order chi connectivity index (χ0) is 32.6. The number of pyridine rings is 1. The number of aromatic nitrogens is 3. The number of halogens is 3. The van der Waals surface area contributed by atoms with Crippen molar-refractivity contribution in [3.8, 4) is 22.6 Å². The first kappa shape index (κ1) is 31.7. The predicted octanol–water partition coefficient (Wildman–Crippen LogP) is 6.86. The van der Waals surface area contributed by atoms with Crippen molar-refractivity contribution in [2.75, 3.05) is 19.5 Å². The number of rotatable bonds is 9. The number of methoxy groups -OCH3 is 2. The van der Waals surface area contributed by atoms with Crippen LogP contribution >= 0.6 is 11.6 Å². The van der Waals surface area contributed by atoms with Crippen molar-refractivity contribution >= 4 is 34.8 Å². The second-order valence-electron chi connectivity index (χ2n) is 11.1. The molecular formula is C33H32ClF2N5O4. The molecule has 0 radical (unpaired) electrons. The number of aliphatic hydroxyl groups is 1. The summed E-state index contributed by atoms with van der Waals surface area (Å²) in [6.45, 7) is 7.17. The van der Waals surface area contributed by atoms with Gasteiger partial charge in [0.05, 0.1) is 31.1 Å². The normalized spacial score (nSPS) is 11.5. The molecule has 0 aliphatic heterocycles. The lowest BCUT2D eigenvalue weighted by Gasteiger charge is -2.25. The highest BCUT2D eigenvalue weighted by atomic mass is 35.5. The molecule has 0 spiro atoms. The van der Waals surface area contributed by atoms with Gasteiger partial charge in [-0.2, -0.15) is 4.98 Å². The van der Waals surface area contributed by atoms with E-state index >= 15 is 0 Å². The number of aryl methyl sites for hydroxylation is 1. The topological polar surface area (TPSA) is 110 Å². The lowest BCUT2D eigenvalue weighted by molar-refractivity contribution is 0.0775. The highest BCUT2D eigenvalue weighted by molar-refractivity contribution is 6.31. The Morgan fingerprint density at radius 3 is 2.42 bits per heavy atom. The van der Waals surface area contributed by atoms with Gasteiger partial charge in [-0.3, -0.25) is 4.79 Å². The monoisotopic (exact) mass is 635 g/mol. The fraction of sp³-hybridized carbons (Fsp3) is 0.242. The molecule has 5 rings (SSSR count). The van der Waals surface area contributed by atoms with Crippen LogP contribution in [0, 0.1) is 25.5 Å². The van der Waals surface area contributed by atoms with E-state index in [-0.39, 0.29) is 22.7 Å². The van der Waals surface area contributed by atoms with E-state index in [4.69, 9.17) is 21.1 Å². The average molecular weight is 636 g/mol. The van der Waals surface area contributed by atoms with Gasteiger partial charge in [0.1, 0.15) is 11.5 Å². The van der Waals surface area contributed by atoms with Crippen LogP contribution in [0.1, 0.15) is 46.5 Å². The predicted molar refractivity (Wildman–Crippen MR) is 169 cm³/mol. The summed E-state index contributed by atoms with van der Waals surface area (Å²) in [7, 11) is 3.03. The Kier molecular flexibility index (Phi) is 8.68. The number of ether oxygens (including phenoxy) is 2. The molecule has 0 aliphatic carbocycles. The molecule has 234 valence electrons. The quantitative estimate of drug-likeness (QED) is 0.152. The molecule has 2 aromatic heterocycles. The van der Waals surface area contributed by atoms with Gasteiger partial charge in [-0.15, -0.1) is 5.10 Å². The van der Waals surface area contributed by atoms with Crippen molar-refractivity contribution in [3.05, 3.63) is 99.2 Å². The van der Waals surface area contributed by atoms with Gasteiger partial charge in [0.15, 0.2) is 17.3 Å². The van der Waals surface area contributed by atoms with Gasteiger partial charge in [0, 0.05) is 23.3 Å². The Labute approximate surface area is 263 Å². The molecule has 0 bridgehead atoms. The third-order valence-corrected chi connectivity index (χ3v) is 7.82. The fourth-order valence-corrected chi connectivity index (χ4v) is 5.40. The van der Waals surface area contributed by atoms with E-state index in [2.05, 4.69) is 20.7 Å². The second-order valence-corrected chi connectivity index (χ2v) is 11.5. The molecule has 3 N–H and O–H groups in total. The molecule has 5 aromatic rings. The van der Waals surface area contributed by atoms with E-state index in [1.807, 2.05) is 32.0 Å². The number of nitrogens with zero attached hydrogens (tertiary/aromatic N) is 3. The van der Waals surface area contributed by atoms with Gasteiger partial charge in [-0.1, -0.05) is 23.7 Å². The van der Waals surface area contributed by atoms with E-state index in [0.717, 1.165) is 39.9 Å². The number of nitrogens with one attached hydrogen (secondary N) is 2. The lowest BCUT2D eigenvalue weighted by atomic mass is 9.90. The van der Waals surface area contributed by atoms with Crippen molar-refractivity contribution in [1.29, 1.82) is 0 Å². The Morgan fingerprint density at radius 1 is 1.02 bits per heavy atom. The van der Waals surface area contributed by atoms with Crippen molar-refractivity contribution in [2.24, 2.45) is 0 Å². The van der Waals surface area contributed by atoms with Crippen molar-refractivity contribution in [3.63, 3.8) is 0 Å². The molecule has 0 fully saturated rings. The Balaban J connectivity index is 1.38. The molecule has 0 atom stereocenters. The second kappa shape index (κ2) is 12.3. The van der Waals surface area contributed by atoms with E-state index in [0.29, 0.717) is 28.8 Å². The number of fused-ring (bicyclic) bond motifs is 1. The number of hydrogen-bond donors (Lipinski definition) is 3. The van der Waals surface area contributed by atoms with E-state index in [1.54, 1.807) is 49.9 Å². The van der Waals surface area contributed by atoms with Crippen LogP contribution in [0.4, 0.5) is 20.4 Å². The van der Waals surface area contributed by atoms with Gasteiger partial charge >= 0.3 is 0 Å². The molecular weight excluding hydrogens is 604 g/mol. The maximum Gasteiger partial charge on any atom is 0.255 e. The summed E-state index contributed by atoms with van der Waals surface area (Å²) < 4.78 is 39.9. The molecule has 12 heteroatoms. The van der Waals surface area contributed by atoms with Crippen LogP contribution < -0.4 is 20.1 Å².